The molecule has 0 heterocycles. The molecule has 4 nitrogen and oxygen atoms in total. The molecule has 1 aromatic carbocycles. The Balaban J connectivity index is 3.19. The van der Waals surface area contributed by atoms with Gasteiger partial charge in [0.2, 0.25) is 10.0 Å². The molecule has 0 aliphatic heterocycles. The standard InChI is InChI=1S/C9H9BrClFN2O2S/c1-5(10)4-14-17(15,16)8-3-6(11)2-7(13)9(8)12/h2-3,14H,1,4,13H2. The van der Waals surface area contributed by atoms with E-state index in [-0.39, 0.29) is 17.3 Å². The minimum Gasteiger partial charge on any atom is -0.396 e. The van der Waals surface area contributed by atoms with Crippen molar-refractivity contribution in [2.24, 2.45) is 0 Å². The second kappa shape index (κ2) is 5.34. The molecule has 0 aliphatic carbocycles. The van der Waals surface area contributed by atoms with Gasteiger partial charge in [0.15, 0.2) is 5.82 Å². The second-order valence-corrected chi connectivity index (χ2v) is 6.44. The average molecular weight is 344 g/mol. The van der Waals surface area contributed by atoms with Crippen molar-refractivity contribution in [1.82, 2.24) is 4.72 Å². The first-order valence-electron chi connectivity index (χ1n) is 4.31. The molecule has 0 saturated heterocycles. The second-order valence-electron chi connectivity index (χ2n) is 3.15. The fraction of sp³-hybridized carbons (Fsp3) is 0.111. The van der Waals surface area contributed by atoms with Gasteiger partial charge >= 0.3 is 0 Å². The van der Waals surface area contributed by atoms with Crippen LogP contribution in [0.25, 0.3) is 0 Å². The van der Waals surface area contributed by atoms with Gasteiger partial charge in [0.25, 0.3) is 0 Å². The first kappa shape index (κ1) is 14.4. The monoisotopic (exact) mass is 342 g/mol. The van der Waals surface area contributed by atoms with Crippen molar-refractivity contribution in [1.29, 1.82) is 0 Å². The molecule has 0 fully saturated rings. The highest BCUT2D eigenvalue weighted by atomic mass is 79.9. The molecule has 0 saturated carbocycles. The maximum absolute atomic E-state index is 13.6. The topological polar surface area (TPSA) is 72.2 Å². The van der Waals surface area contributed by atoms with Gasteiger partial charge in [-0.1, -0.05) is 34.1 Å². The van der Waals surface area contributed by atoms with Crippen molar-refractivity contribution in [2.75, 3.05) is 12.3 Å². The van der Waals surface area contributed by atoms with Crippen LogP contribution in [0.15, 0.2) is 28.1 Å². The number of anilines is 1. The molecule has 0 spiro atoms. The lowest BCUT2D eigenvalue weighted by Gasteiger charge is -2.09. The zero-order valence-electron chi connectivity index (χ0n) is 8.50. The Morgan fingerprint density at radius 3 is 2.71 bits per heavy atom. The highest BCUT2D eigenvalue weighted by Crippen LogP contribution is 2.25. The molecule has 17 heavy (non-hydrogen) atoms. The summed E-state index contributed by atoms with van der Waals surface area (Å²) in [5, 5.41) is 0.0435. The Labute approximate surface area is 112 Å². The molecule has 94 valence electrons. The van der Waals surface area contributed by atoms with Crippen LogP contribution in [0, 0.1) is 5.82 Å². The molecule has 0 radical (unpaired) electrons. The smallest absolute Gasteiger partial charge is 0.243 e. The van der Waals surface area contributed by atoms with Crippen molar-refractivity contribution in [3.8, 4) is 0 Å². The number of sulfonamides is 1. The first-order chi connectivity index (χ1) is 7.74. The maximum atomic E-state index is 13.6. The van der Waals surface area contributed by atoms with Gasteiger partial charge in [-0.25, -0.2) is 17.5 Å². The van der Waals surface area contributed by atoms with Crippen LogP contribution in [0.5, 0.6) is 0 Å². The predicted molar refractivity (Wildman–Crippen MR) is 69.1 cm³/mol. The van der Waals surface area contributed by atoms with Gasteiger partial charge in [-0.3, -0.25) is 0 Å². The minimum atomic E-state index is -4.01. The van der Waals surface area contributed by atoms with E-state index in [1.165, 1.54) is 0 Å². The van der Waals surface area contributed by atoms with Crippen LogP contribution in [0.1, 0.15) is 0 Å². The molecule has 0 atom stereocenters. The summed E-state index contributed by atoms with van der Waals surface area (Å²) in [5.41, 5.74) is 4.97. The molecule has 0 bridgehead atoms. The van der Waals surface area contributed by atoms with Gasteiger partial charge in [-0.05, 0) is 12.1 Å². The van der Waals surface area contributed by atoms with Crippen molar-refractivity contribution >= 4 is 43.2 Å². The average Bonchev–Trinajstić information content (AvgIpc) is 2.20. The quantitative estimate of drug-likeness (QED) is 0.824. The maximum Gasteiger partial charge on any atom is 0.243 e. The molecule has 8 heteroatoms. The number of rotatable bonds is 4. The molecule has 0 unspecified atom stereocenters. The van der Waals surface area contributed by atoms with E-state index in [9.17, 15) is 12.8 Å². The lowest BCUT2D eigenvalue weighted by molar-refractivity contribution is 0.561. The van der Waals surface area contributed by atoms with Crippen molar-refractivity contribution in [2.45, 2.75) is 4.90 Å². The number of hydrogen-bond acceptors (Lipinski definition) is 3. The summed E-state index contributed by atoms with van der Waals surface area (Å²) in [4.78, 5) is -0.587. The van der Waals surface area contributed by atoms with E-state index >= 15 is 0 Å². The molecule has 1 aromatic rings. The first-order valence-corrected chi connectivity index (χ1v) is 6.97. The van der Waals surface area contributed by atoms with E-state index in [1.54, 1.807) is 0 Å². The Bertz CT molecular complexity index is 562. The Kier molecular flexibility index (Phi) is 4.54. The van der Waals surface area contributed by atoms with Crippen LogP contribution in [0.3, 0.4) is 0 Å². The Hall–Kier alpha value is -0.630. The van der Waals surface area contributed by atoms with Gasteiger partial charge in [0.05, 0.1) is 5.69 Å². The largest absolute Gasteiger partial charge is 0.396 e. The minimum absolute atomic E-state index is 0.0435. The summed E-state index contributed by atoms with van der Waals surface area (Å²) in [6.45, 7) is 3.39. The SMILES string of the molecule is C=C(Br)CNS(=O)(=O)c1cc(Cl)cc(N)c1F. The van der Waals surface area contributed by atoms with Crippen molar-refractivity contribution in [3.05, 3.63) is 34.0 Å². The summed E-state index contributed by atoms with van der Waals surface area (Å²) < 4.78 is 39.6. The van der Waals surface area contributed by atoms with E-state index in [1.807, 2.05) is 0 Å². The van der Waals surface area contributed by atoms with E-state index in [2.05, 4.69) is 27.2 Å². The highest BCUT2D eigenvalue weighted by Gasteiger charge is 2.21. The number of halogens is 3. The summed E-state index contributed by atoms with van der Waals surface area (Å²) in [6, 6.07) is 2.13. The molecule has 0 aromatic heterocycles. The lowest BCUT2D eigenvalue weighted by Crippen LogP contribution is -2.26. The fourth-order valence-corrected chi connectivity index (χ4v) is 2.80. The summed E-state index contributed by atoms with van der Waals surface area (Å²) in [5.74, 6) is -1.03. The van der Waals surface area contributed by atoms with Crippen LogP contribution >= 0.6 is 27.5 Å². The zero-order valence-corrected chi connectivity index (χ0v) is 11.7. The number of nitrogens with one attached hydrogen (secondary N) is 1. The van der Waals surface area contributed by atoms with Crippen LogP contribution in [-0.2, 0) is 10.0 Å². The number of nitrogens with two attached hydrogens (primary N) is 1. The third kappa shape index (κ3) is 3.67. The van der Waals surface area contributed by atoms with Crippen LogP contribution in [0.4, 0.5) is 10.1 Å². The Morgan fingerprint density at radius 2 is 2.18 bits per heavy atom. The van der Waals surface area contributed by atoms with Gasteiger partial charge in [0.1, 0.15) is 4.90 Å². The summed E-state index contributed by atoms with van der Waals surface area (Å²) in [7, 11) is -4.01. The van der Waals surface area contributed by atoms with Gasteiger partial charge < -0.3 is 5.73 Å². The van der Waals surface area contributed by atoms with E-state index in [0.29, 0.717) is 4.48 Å². The van der Waals surface area contributed by atoms with Crippen LogP contribution in [-0.4, -0.2) is 15.0 Å². The predicted octanol–water partition coefficient (Wildman–Crippen LogP) is 2.25. The van der Waals surface area contributed by atoms with Crippen LogP contribution < -0.4 is 10.5 Å². The third-order valence-corrected chi connectivity index (χ3v) is 3.67. The van der Waals surface area contributed by atoms with Crippen LogP contribution in [0.2, 0.25) is 5.02 Å². The zero-order chi connectivity index (χ0) is 13.2. The fourth-order valence-electron chi connectivity index (χ4n) is 1.03. The lowest BCUT2D eigenvalue weighted by atomic mass is 10.3. The molecular weight excluding hydrogens is 335 g/mol. The molecule has 3 N–H and O–H groups in total. The normalized spacial score (nSPS) is 11.5. The van der Waals surface area contributed by atoms with E-state index in [4.69, 9.17) is 17.3 Å². The van der Waals surface area contributed by atoms with Crippen molar-refractivity contribution < 1.29 is 12.8 Å². The molecule has 1 rings (SSSR count). The number of nitrogen functional groups attached to an aromatic ring is 1. The third-order valence-electron chi connectivity index (χ3n) is 1.78. The molecule has 0 aliphatic rings. The Morgan fingerprint density at radius 1 is 1.59 bits per heavy atom. The van der Waals surface area contributed by atoms with Gasteiger partial charge in [-0.15, -0.1) is 0 Å². The van der Waals surface area contributed by atoms with Crippen molar-refractivity contribution in [3.63, 3.8) is 0 Å². The summed E-state index contributed by atoms with van der Waals surface area (Å²) in [6.07, 6.45) is 0. The summed E-state index contributed by atoms with van der Waals surface area (Å²) >= 11 is 8.61. The van der Waals surface area contributed by atoms with Gasteiger partial charge in [-0.2, -0.15) is 0 Å². The highest BCUT2D eigenvalue weighted by molar-refractivity contribution is 9.11. The van der Waals surface area contributed by atoms with E-state index in [0.717, 1.165) is 12.1 Å². The van der Waals surface area contributed by atoms with E-state index < -0.39 is 20.7 Å². The molecular formula is C9H9BrClFN2O2S. The number of hydrogen-bond donors (Lipinski definition) is 2. The molecule has 0 amide bonds. The van der Waals surface area contributed by atoms with Gasteiger partial charge in [0, 0.05) is 16.0 Å². The number of benzene rings is 1.